The van der Waals surface area contributed by atoms with Crippen molar-refractivity contribution >= 4 is 5.91 Å². The maximum Gasteiger partial charge on any atom is 0.249 e. The second-order valence-corrected chi connectivity index (χ2v) is 6.28. The van der Waals surface area contributed by atoms with Gasteiger partial charge < -0.3 is 10.1 Å². The Bertz CT molecular complexity index is 494. The molecule has 122 valence electrons. The molecule has 0 spiro atoms. The highest BCUT2D eigenvalue weighted by molar-refractivity contribution is 5.80. The maximum atomic E-state index is 12.3. The number of hydrogen-bond donors (Lipinski definition) is 1. The summed E-state index contributed by atoms with van der Waals surface area (Å²) in [5, 5.41) is 14.6. The number of carbonyl (C=O) groups is 1. The summed E-state index contributed by atoms with van der Waals surface area (Å²) in [6.07, 6.45) is 8.64. The highest BCUT2D eigenvalue weighted by Crippen LogP contribution is 2.34. The third-order valence-corrected chi connectivity index (χ3v) is 4.45. The molecule has 1 atom stereocenters. The zero-order chi connectivity index (χ0) is 15.4. The van der Waals surface area contributed by atoms with Crippen molar-refractivity contribution < 1.29 is 9.53 Å². The summed E-state index contributed by atoms with van der Waals surface area (Å²) < 4.78 is 7.81. The van der Waals surface area contributed by atoms with Crippen molar-refractivity contribution in [2.24, 2.45) is 0 Å². The molecule has 1 aromatic heterocycles. The topological polar surface area (TPSA) is 81.9 Å². The Morgan fingerprint density at radius 1 is 1.32 bits per heavy atom. The number of aromatic nitrogens is 4. The van der Waals surface area contributed by atoms with Crippen LogP contribution in [0.15, 0.2) is 0 Å². The summed E-state index contributed by atoms with van der Waals surface area (Å²) in [7, 11) is 0. The van der Waals surface area contributed by atoms with Gasteiger partial charge in [0.1, 0.15) is 6.10 Å². The molecule has 0 radical (unpaired) electrons. The lowest BCUT2D eigenvalue weighted by Gasteiger charge is -2.26. The van der Waals surface area contributed by atoms with E-state index in [1.165, 1.54) is 19.3 Å². The Hall–Kier alpha value is -1.50. The number of hydrogen-bond acceptors (Lipinski definition) is 5. The zero-order valence-corrected chi connectivity index (χ0v) is 13.2. The van der Waals surface area contributed by atoms with Crippen molar-refractivity contribution in [1.82, 2.24) is 25.5 Å². The van der Waals surface area contributed by atoms with Gasteiger partial charge >= 0.3 is 0 Å². The first kappa shape index (κ1) is 15.4. The van der Waals surface area contributed by atoms with Crippen LogP contribution in [0.25, 0.3) is 0 Å². The van der Waals surface area contributed by atoms with Crippen molar-refractivity contribution in [1.29, 1.82) is 0 Å². The highest BCUT2D eigenvalue weighted by Gasteiger charge is 2.28. The van der Waals surface area contributed by atoms with E-state index in [0.717, 1.165) is 31.5 Å². The molecule has 0 aromatic carbocycles. The van der Waals surface area contributed by atoms with E-state index in [0.29, 0.717) is 19.0 Å². The van der Waals surface area contributed by atoms with E-state index in [9.17, 15) is 4.79 Å². The molecule has 0 bridgehead atoms. The molecule has 2 fully saturated rings. The molecule has 1 heterocycles. The van der Waals surface area contributed by atoms with E-state index in [-0.39, 0.29) is 18.1 Å². The van der Waals surface area contributed by atoms with Gasteiger partial charge in [0.05, 0.1) is 18.7 Å². The lowest BCUT2D eigenvalue weighted by Crippen LogP contribution is -2.39. The highest BCUT2D eigenvalue weighted by atomic mass is 16.5. The van der Waals surface area contributed by atoms with Gasteiger partial charge in [-0.05, 0) is 42.5 Å². The summed E-state index contributed by atoms with van der Waals surface area (Å²) >= 11 is 0. The Labute approximate surface area is 130 Å². The molecular weight excluding hydrogens is 282 g/mol. The monoisotopic (exact) mass is 307 g/mol. The van der Waals surface area contributed by atoms with Crippen LogP contribution < -0.4 is 5.32 Å². The van der Waals surface area contributed by atoms with Crippen molar-refractivity contribution in [2.45, 2.75) is 83.1 Å². The van der Waals surface area contributed by atoms with Gasteiger partial charge in [-0.1, -0.05) is 26.2 Å². The first-order valence-electron chi connectivity index (χ1n) is 8.48. The van der Waals surface area contributed by atoms with Crippen molar-refractivity contribution in [3.63, 3.8) is 0 Å². The Morgan fingerprint density at radius 2 is 2.09 bits per heavy atom. The number of carbonyl (C=O) groups excluding carboxylic acids is 1. The number of nitrogens with zero attached hydrogens (tertiary/aromatic N) is 4. The van der Waals surface area contributed by atoms with Gasteiger partial charge in [-0.2, -0.15) is 0 Å². The van der Waals surface area contributed by atoms with Crippen LogP contribution in [0, 0.1) is 0 Å². The normalized spacial score (nSPS) is 20.8. The lowest BCUT2D eigenvalue weighted by atomic mass is 9.97. The number of rotatable bonds is 7. The van der Waals surface area contributed by atoms with Crippen LogP contribution in [0.5, 0.6) is 0 Å². The summed E-state index contributed by atoms with van der Waals surface area (Å²) in [5.74, 6) is 0.668. The van der Waals surface area contributed by atoms with Crippen LogP contribution >= 0.6 is 0 Å². The molecule has 2 aliphatic rings. The molecule has 3 rings (SSSR count). The SMILES string of the molecule is CC[C@H](OC1CCCCC1)C(=O)NCc1nnnn1C1CC1. The van der Waals surface area contributed by atoms with Crippen molar-refractivity contribution in [2.75, 3.05) is 0 Å². The largest absolute Gasteiger partial charge is 0.365 e. The van der Waals surface area contributed by atoms with E-state index < -0.39 is 0 Å². The Morgan fingerprint density at radius 3 is 2.77 bits per heavy atom. The van der Waals surface area contributed by atoms with E-state index in [2.05, 4.69) is 20.8 Å². The molecule has 2 aliphatic carbocycles. The molecule has 2 saturated carbocycles. The van der Waals surface area contributed by atoms with E-state index in [1.807, 2.05) is 11.6 Å². The number of amides is 1. The molecule has 0 aliphatic heterocycles. The third kappa shape index (κ3) is 3.82. The molecule has 7 heteroatoms. The van der Waals surface area contributed by atoms with Crippen LogP contribution in [0.4, 0.5) is 0 Å². The minimum atomic E-state index is -0.367. The molecule has 7 nitrogen and oxygen atoms in total. The molecule has 0 saturated heterocycles. The number of ether oxygens (including phenoxy) is 1. The Kier molecular flexibility index (Phi) is 5.02. The van der Waals surface area contributed by atoms with Crippen LogP contribution in [0.3, 0.4) is 0 Å². The van der Waals surface area contributed by atoms with Gasteiger partial charge in [0.25, 0.3) is 0 Å². The summed E-state index contributed by atoms with van der Waals surface area (Å²) in [6, 6.07) is 0.419. The number of nitrogens with one attached hydrogen (secondary N) is 1. The second kappa shape index (κ2) is 7.17. The summed E-state index contributed by atoms with van der Waals surface area (Å²) in [6.45, 7) is 2.36. The van der Waals surface area contributed by atoms with Crippen LogP contribution in [0.2, 0.25) is 0 Å². The lowest BCUT2D eigenvalue weighted by molar-refractivity contribution is -0.138. The fourth-order valence-corrected chi connectivity index (χ4v) is 2.99. The van der Waals surface area contributed by atoms with E-state index in [1.54, 1.807) is 0 Å². The second-order valence-electron chi connectivity index (χ2n) is 6.28. The minimum Gasteiger partial charge on any atom is -0.365 e. The van der Waals surface area contributed by atoms with Crippen LogP contribution in [-0.4, -0.2) is 38.3 Å². The fourth-order valence-electron chi connectivity index (χ4n) is 2.99. The molecular formula is C15H25N5O2. The first-order valence-corrected chi connectivity index (χ1v) is 8.48. The van der Waals surface area contributed by atoms with Crippen LogP contribution in [0.1, 0.15) is 70.2 Å². The van der Waals surface area contributed by atoms with Gasteiger partial charge in [0.15, 0.2) is 5.82 Å². The van der Waals surface area contributed by atoms with Gasteiger partial charge in [-0.15, -0.1) is 5.10 Å². The predicted molar refractivity (Wildman–Crippen MR) is 80.0 cm³/mol. The first-order chi connectivity index (χ1) is 10.8. The Balaban J connectivity index is 1.49. The van der Waals surface area contributed by atoms with E-state index >= 15 is 0 Å². The van der Waals surface area contributed by atoms with E-state index in [4.69, 9.17) is 4.74 Å². The standard InChI is InChI=1S/C15H25N5O2/c1-2-13(22-12-6-4-3-5-7-12)15(21)16-10-14-17-18-19-20(14)11-8-9-11/h11-13H,2-10H2,1H3,(H,16,21)/t13-/m0/s1. The molecule has 1 amide bonds. The molecule has 0 unspecified atom stereocenters. The average molecular weight is 307 g/mol. The average Bonchev–Trinajstić information content (AvgIpc) is 3.29. The van der Waals surface area contributed by atoms with Gasteiger partial charge in [0, 0.05) is 0 Å². The van der Waals surface area contributed by atoms with Crippen molar-refractivity contribution in [3.05, 3.63) is 5.82 Å². The number of tetrazole rings is 1. The van der Waals surface area contributed by atoms with Crippen LogP contribution in [-0.2, 0) is 16.1 Å². The summed E-state index contributed by atoms with van der Waals surface area (Å²) in [5.41, 5.74) is 0. The van der Waals surface area contributed by atoms with Crippen molar-refractivity contribution in [3.8, 4) is 0 Å². The molecule has 1 aromatic rings. The zero-order valence-electron chi connectivity index (χ0n) is 13.2. The summed E-state index contributed by atoms with van der Waals surface area (Å²) in [4.78, 5) is 12.3. The van der Waals surface area contributed by atoms with Gasteiger partial charge in [-0.25, -0.2) is 4.68 Å². The smallest absolute Gasteiger partial charge is 0.249 e. The molecule has 1 N–H and O–H groups in total. The van der Waals surface area contributed by atoms with Gasteiger partial charge in [-0.3, -0.25) is 4.79 Å². The minimum absolute atomic E-state index is 0.0570. The predicted octanol–water partition coefficient (Wildman–Crippen LogP) is 1.75. The third-order valence-electron chi connectivity index (χ3n) is 4.45. The van der Waals surface area contributed by atoms with Gasteiger partial charge in [0.2, 0.25) is 5.91 Å². The molecule has 22 heavy (non-hydrogen) atoms. The maximum absolute atomic E-state index is 12.3. The quantitative estimate of drug-likeness (QED) is 0.830. The fraction of sp³-hybridized carbons (Fsp3) is 0.867.